The molecule has 0 amide bonds. The lowest BCUT2D eigenvalue weighted by Gasteiger charge is -2.11. The Bertz CT molecular complexity index is 1060. The number of aromatic hydroxyl groups is 1. The maximum Gasteiger partial charge on any atom is 0.341 e. The molecule has 0 fully saturated rings. The van der Waals surface area contributed by atoms with Crippen LogP contribution >= 0.6 is 23.5 Å². The Morgan fingerprint density at radius 2 is 2.00 bits per heavy atom. The standard InChI is InChI=1S/C20H16ClFN2O4S/c1-27-17-5-3-4-13(18(17)22)15-9-12(10-23-19(15)21)29-24-11-6-7-14(16(25)8-11)20(26)28-2/h3-10,24-25H,1-2H3. The highest BCUT2D eigenvalue weighted by atomic mass is 35.5. The van der Waals surface area contributed by atoms with Gasteiger partial charge >= 0.3 is 5.97 Å². The highest BCUT2D eigenvalue weighted by Gasteiger charge is 2.15. The molecule has 0 aliphatic rings. The molecule has 0 aliphatic carbocycles. The maximum atomic E-state index is 14.6. The minimum atomic E-state index is -0.631. The van der Waals surface area contributed by atoms with Gasteiger partial charge in [0, 0.05) is 34.0 Å². The van der Waals surface area contributed by atoms with E-state index in [1.807, 2.05) is 0 Å². The van der Waals surface area contributed by atoms with E-state index in [1.165, 1.54) is 50.6 Å². The van der Waals surface area contributed by atoms with Crippen molar-refractivity contribution in [3.8, 4) is 22.6 Å². The summed E-state index contributed by atoms with van der Waals surface area (Å²) in [6, 6.07) is 10.9. The zero-order valence-electron chi connectivity index (χ0n) is 15.4. The molecule has 3 aromatic rings. The van der Waals surface area contributed by atoms with Crippen LogP contribution in [-0.4, -0.2) is 30.3 Å². The van der Waals surface area contributed by atoms with Gasteiger partial charge in [0.15, 0.2) is 11.6 Å². The van der Waals surface area contributed by atoms with Gasteiger partial charge in [0.1, 0.15) is 16.5 Å². The van der Waals surface area contributed by atoms with E-state index in [0.717, 1.165) is 0 Å². The zero-order valence-corrected chi connectivity index (χ0v) is 17.0. The van der Waals surface area contributed by atoms with Gasteiger partial charge < -0.3 is 19.3 Å². The molecule has 0 radical (unpaired) electrons. The van der Waals surface area contributed by atoms with E-state index in [4.69, 9.17) is 16.3 Å². The zero-order chi connectivity index (χ0) is 21.0. The van der Waals surface area contributed by atoms with Gasteiger partial charge in [-0.15, -0.1) is 0 Å². The van der Waals surface area contributed by atoms with Crippen LogP contribution in [0.3, 0.4) is 0 Å². The highest BCUT2D eigenvalue weighted by molar-refractivity contribution is 8.00. The predicted molar refractivity (Wildman–Crippen MR) is 110 cm³/mol. The van der Waals surface area contributed by atoms with Gasteiger partial charge in [0.05, 0.1) is 14.2 Å². The Hall–Kier alpha value is -2.97. The Kier molecular flexibility index (Phi) is 6.46. The first-order valence-electron chi connectivity index (χ1n) is 8.27. The van der Waals surface area contributed by atoms with Gasteiger partial charge in [-0.3, -0.25) is 0 Å². The predicted octanol–water partition coefficient (Wildman–Crippen LogP) is 5.16. The fourth-order valence-corrected chi connectivity index (χ4v) is 3.40. The fourth-order valence-electron chi connectivity index (χ4n) is 2.55. The summed E-state index contributed by atoms with van der Waals surface area (Å²) in [5.74, 6) is -1.27. The molecule has 0 unspecified atom stereocenters. The molecule has 0 saturated heterocycles. The first-order valence-corrected chi connectivity index (χ1v) is 9.46. The molecule has 1 heterocycles. The number of benzene rings is 2. The Morgan fingerprint density at radius 1 is 1.21 bits per heavy atom. The monoisotopic (exact) mass is 434 g/mol. The summed E-state index contributed by atoms with van der Waals surface area (Å²) in [4.78, 5) is 16.3. The number of carbonyl (C=O) groups excluding carboxylic acids is 1. The Balaban J connectivity index is 1.83. The molecule has 3 rings (SSSR count). The van der Waals surface area contributed by atoms with Gasteiger partial charge in [0.25, 0.3) is 0 Å². The van der Waals surface area contributed by atoms with E-state index in [2.05, 4.69) is 14.4 Å². The second kappa shape index (κ2) is 9.02. The third-order valence-corrected chi connectivity index (χ3v) is 5.08. The van der Waals surface area contributed by atoms with Crippen molar-refractivity contribution in [2.45, 2.75) is 4.90 Å². The second-order valence-corrected chi connectivity index (χ2v) is 7.00. The number of phenols is 1. The minimum absolute atomic E-state index is 0.0620. The number of aromatic nitrogens is 1. The maximum absolute atomic E-state index is 14.6. The molecule has 6 nitrogen and oxygen atoms in total. The molecule has 2 aromatic carbocycles. The van der Waals surface area contributed by atoms with E-state index in [9.17, 15) is 14.3 Å². The van der Waals surface area contributed by atoms with Crippen molar-refractivity contribution in [1.29, 1.82) is 0 Å². The van der Waals surface area contributed by atoms with E-state index < -0.39 is 11.8 Å². The van der Waals surface area contributed by atoms with Crippen LogP contribution in [-0.2, 0) is 4.74 Å². The number of rotatable bonds is 6. The minimum Gasteiger partial charge on any atom is -0.507 e. The average molecular weight is 435 g/mol. The summed E-state index contributed by atoms with van der Waals surface area (Å²) >= 11 is 7.36. The third-order valence-electron chi connectivity index (χ3n) is 3.98. The Labute approximate surface area is 175 Å². The van der Waals surface area contributed by atoms with Crippen molar-refractivity contribution >= 4 is 35.2 Å². The highest BCUT2D eigenvalue weighted by Crippen LogP contribution is 2.35. The molecule has 2 N–H and O–H groups in total. The van der Waals surface area contributed by atoms with Crippen LogP contribution in [0.4, 0.5) is 10.1 Å². The molecule has 0 saturated carbocycles. The number of esters is 1. The van der Waals surface area contributed by atoms with Crippen LogP contribution in [0.1, 0.15) is 10.4 Å². The van der Waals surface area contributed by atoms with E-state index in [0.29, 0.717) is 16.1 Å². The number of anilines is 1. The fraction of sp³-hybridized carbons (Fsp3) is 0.100. The molecule has 150 valence electrons. The number of carbonyl (C=O) groups is 1. The van der Waals surface area contributed by atoms with E-state index in [-0.39, 0.29) is 27.8 Å². The molecule has 0 aliphatic heterocycles. The van der Waals surface area contributed by atoms with Crippen LogP contribution in [0.2, 0.25) is 5.15 Å². The van der Waals surface area contributed by atoms with Gasteiger partial charge in [-0.2, -0.15) is 0 Å². The molecule has 1 aromatic heterocycles. The molecule has 9 heteroatoms. The number of halogens is 2. The lowest BCUT2D eigenvalue weighted by atomic mass is 10.1. The lowest BCUT2D eigenvalue weighted by molar-refractivity contribution is 0.0597. The van der Waals surface area contributed by atoms with Gasteiger partial charge in [0.2, 0.25) is 0 Å². The van der Waals surface area contributed by atoms with Crippen molar-refractivity contribution < 1.29 is 23.8 Å². The SMILES string of the molecule is COC(=O)c1ccc(NSc2cnc(Cl)c(-c3cccc(OC)c3F)c2)cc1O. The van der Waals surface area contributed by atoms with Gasteiger partial charge in [-0.25, -0.2) is 14.2 Å². The summed E-state index contributed by atoms with van der Waals surface area (Å²) in [5, 5.41) is 10.1. The second-order valence-electron chi connectivity index (χ2n) is 5.76. The quantitative estimate of drug-likeness (QED) is 0.315. The molecule has 0 atom stereocenters. The first-order chi connectivity index (χ1) is 13.9. The smallest absolute Gasteiger partial charge is 0.341 e. The largest absolute Gasteiger partial charge is 0.507 e. The number of nitrogens with zero attached hydrogens (tertiary/aromatic N) is 1. The van der Waals surface area contributed by atoms with Crippen molar-refractivity contribution in [1.82, 2.24) is 4.98 Å². The molecule has 0 bridgehead atoms. The van der Waals surface area contributed by atoms with Crippen LogP contribution in [0.15, 0.2) is 53.6 Å². The van der Waals surface area contributed by atoms with Crippen molar-refractivity contribution in [3.63, 3.8) is 0 Å². The summed E-state index contributed by atoms with van der Waals surface area (Å²) in [5.41, 5.74) is 1.29. The third kappa shape index (κ3) is 4.55. The van der Waals surface area contributed by atoms with Gasteiger partial charge in [-0.1, -0.05) is 23.7 Å². The molecular weight excluding hydrogens is 419 g/mol. The Morgan fingerprint density at radius 3 is 2.69 bits per heavy atom. The summed E-state index contributed by atoms with van der Waals surface area (Å²) in [7, 11) is 2.62. The normalized spacial score (nSPS) is 10.5. The lowest BCUT2D eigenvalue weighted by Crippen LogP contribution is -2.01. The van der Waals surface area contributed by atoms with Crippen LogP contribution in [0.25, 0.3) is 11.1 Å². The number of ether oxygens (including phenoxy) is 2. The summed E-state index contributed by atoms with van der Waals surface area (Å²) in [6.07, 6.45) is 1.53. The number of methoxy groups -OCH3 is 2. The van der Waals surface area contributed by atoms with E-state index >= 15 is 0 Å². The van der Waals surface area contributed by atoms with Crippen LogP contribution in [0.5, 0.6) is 11.5 Å². The first kappa shape index (κ1) is 20.8. The average Bonchev–Trinajstić information content (AvgIpc) is 2.73. The molecule has 29 heavy (non-hydrogen) atoms. The number of hydrogen-bond donors (Lipinski definition) is 2. The van der Waals surface area contributed by atoms with Crippen LogP contribution in [0, 0.1) is 5.82 Å². The summed E-state index contributed by atoms with van der Waals surface area (Å²) < 4.78 is 27.2. The number of pyridine rings is 1. The summed E-state index contributed by atoms with van der Waals surface area (Å²) in [6.45, 7) is 0. The van der Waals surface area contributed by atoms with Crippen molar-refractivity contribution in [2.24, 2.45) is 0 Å². The van der Waals surface area contributed by atoms with Crippen molar-refractivity contribution in [2.75, 3.05) is 18.9 Å². The number of nitrogens with one attached hydrogen (secondary N) is 1. The molecular formula is C20H16ClFN2O4S. The number of phenolic OH excluding ortho intramolecular Hbond substituents is 1. The van der Waals surface area contributed by atoms with E-state index in [1.54, 1.807) is 24.3 Å². The topological polar surface area (TPSA) is 80.7 Å². The van der Waals surface area contributed by atoms with Gasteiger partial charge in [-0.05, 0) is 36.2 Å². The van der Waals surface area contributed by atoms with Crippen LogP contribution < -0.4 is 9.46 Å². The number of hydrogen-bond acceptors (Lipinski definition) is 7. The van der Waals surface area contributed by atoms with Crippen molar-refractivity contribution in [3.05, 3.63) is 65.2 Å². The molecule has 0 spiro atoms.